The van der Waals surface area contributed by atoms with Gasteiger partial charge >= 0.3 is 35.8 Å². The number of esters is 2. The molecule has 0 saturated heterocycles. The minimum atomic E-state index is -1.47. The number of rotatable bonds is 8. The number of ether oxygens (including phenoxy) is 2. The van der Waals surface area contributed by atoms with Crippen LogP contribution in [-0.4, -0.2) is 83.4 Å². The summed E-state index contributed by atoms with van der Waals surface area (Å²) in [5, 5.41) is 36.9. The molecule has 0 aromatic rings. The molecule has 0 spiro atoms. The van der Waals surface area contributed by atoms with Crippen molar-refractivity contribution in [2.24, 2.45) is 11.8 Å². The van der Waals surface area contributed by atoms with Gasteiger partial charge in [-0.15, -0.1) is 0 Å². The number of hydrogen-bond donors (Lipinski definition) is 2. The molecule has 0 aliphatic carbocycles. The third-order valence-corrected chi connectivity index (χ3v) is 1.64. The second kappa shape index (κ2) is 28.1. The summed E-state index contributed by atoms with van der Waals surface area (Å²) in [6.07, 6.45) is 1.04. The Hall–Kier alpha value is -1.92. The van der Waals surface area contributed by atoms with Gasteiger partial charge in [0.05, 0.1) is 24.1 Å². The molecule has 0 saturated carbocycles. The quantitative estimate of drug-likeness (QED) is 0.207. The molecule has 2 atom stereocenters. The van der Waals surface area contributed by atoms with E-state index < -0.39 is 36.1 Å². The molecule has 0 aromatic heterocycles. The molecule has 0 fully saturated rings. The molecule has 10 nitrogen and oxygen atoms in total. The molecule has 2 N–H and O–H groups in total. The zero-order valence-corrected chi connectivity index (χ0v) is 23.0. The predicted molar refractivity (Wildman–Crippen MR) is 120 cm³/mol. The van der Waals surface area contributed by atoms with E-state index in [1.165, 1.54) is 13.8 Å². The SMILES string of the molecule is CC(O)COC(=O)/C=C\C(=O)[O-].CC(O)COC(=O)/C=C\C(=O)[O-].[CH2]C(C)C.[CH2]C(C)C.[Sn+2]. The van der Waals surface area contributed by atoms with E-state index in [1.54, 1.807) is 0 Å². The maximum Gasteiger partial charge on any atom is 2.00 e. The molecule has 4 radical (unpaired) electrons. The third kappa shape index (κ3) is 72.6. The Morgan fingerprint density at radius 1 is 0.697 bits per heavy atom. The Morgan fingerprint density at radius 2 is 0.909 bits per heavy atom. The first-order chi connectivity index (χ1) is 14.5. The molecule has 2 unspecified atom stereocenters. The topological polar surface area (TPSA) is 173 Å². The molecule has 188 valence electrons. The van der Waals surface area contributed by atoms with E-state index in [0.29, 0.717) is 24.0 Å². The van der Waals surface area contributed by atoms with Crippen molar-refractivity contribution >= 4 is 47.8 Å². The van der Waals surface area contributed by atoms with Gasteiger partial charge in [0.15, 0.2) is 0 Å². The summed E-state index contributed by atoms with van der Waals surface area (Å²) in [5.74, 6) is -3.41. The van der Waals surface area contributed by atoms with Crippen molar-refractivity contribution in [1.82, 2.24) is 0 Å². The van der Waals surface area contributed by atoms with Gasteiger partial charge in [-0.2, -0.15) is 0 Å². The summed E-state index contributed by atoms with van der Waals surface area (Å²) >= 11 is 0. The second-order valence-electron chi connectivity index (χ2n) is 7.05. The van der Waals surface area contributed by atoms with Crippen molar-refractivity contribution < 1.29 is 49.1 Å². The maximum absolute atomic E-state index is 10.5. The predicted octanol–water partition coefficient (Wildman–Crippen LogP) is -0.995. The minimum Gasteiger partial charge on any atom is -0.545 e. The van der Waals surface area contributed by atoms with Crippen LogP contribution in [0, 0.1) is 25.7 Å². The van der Waals surface area contributed by atoms with Gasteiger partial charge in [0.25, 0.3) is 0 Å². The Morgan fingerprint density at radius 3 is 1.06 bits per heavy atom. The van der Waals surface area contributed by atoms with Crippen LogP contribution in [0.2, 0.25) is 0 Å². The third-order valence-electron chi connectivity index (χ3n) is 1.64. The van der Waals surface area contributed by atoms with Gasteiger partial charge in [-0.3, -0.25) is 0 Å². The van der Waals surface area contributed by atoms with E-state index in [0.717, 1.165) is 12.2 Å². The van der Waals surface area contributed by atoms with Crippen LogP contribution in [0.5, 0.6) is 0 Å². The van der Waals surface area contributed by atoms with Crippen LogP contribution >= 0.6 is 0 Å². The molecule has 11 heteroatoms. The first-order valence-corrected chi connectivity index (χ1v) is 9.65. The molecule has 0 heterocycles. The van der Waals surface area contributed by atoms with Crippen molar-refractivity contribution in [2.75, 3.05) is 13.2 Å². The number of carboxylic acid groups (broad SMARTS) is 2. The average Bonchev–Trinajstić information content (AvgIpc) is 2.60. The Balaban J connectivity index is -0.000000117. The summed E-state index contributed by atoms with van der Waals surface area (Å²) in [6.45, 7) is 18.1. The molecule has 0 aromatic carbocycles. The zero-order chi connectivity index (χ0) is 26.3. The summed E-state index contributed by atoms with van der Waals surface area (Å²) in [6, 6.07) is 0. The number of carbonyl (C=O) groups is 4. The van der Waals surface area contributed by atoms with Gasteiger partial charge in [-0.1, -0.05) is 41.5 Å². The largest absolute Gasteiger partial charge is 2.00 e. The van der Waals surface area contributed by atoms with Crippen LogP contribution in [0.4, 0.5) is 0 Å². The summed E-state index contributed by atoms with van der Waals surface area (Å²) in [5.41, 5.74) is 0. The van der Waals surface area contributed by atoms with Crippen LogP contribution in [0.15, 0.2) is 24.3 Å². The number of carbonyl (C=O) groups excluding carboxylic acids is 4. The molecule has 0 amide bonds. The maximum atomic E-state index is 10.5. The van der Waals surface area contributed by atoms with E-state index >= 15 is 0 Å². The van der Waals surface area contributed by atoms with Crippen molar-refractivity contribution in [3.8, 4) is 0 Å². The van der Waals surface area contributed by atoms with E-state index in [9.17, 15) is 29.4 Å². The summed E-state index contributed by atoms with van der Waals surface area (Å²) < 4.78 is 8.77. The Bertz CT molecular complexity index is 512. The molecule has 0 aliphatic heterocycles. The molecule has 33 heavy (non-hydrogen) atoms. The zero-order valence-electron chi connectivity index (χ0n) is 20.1. The fourth-order valence-corrected chi connectivity index (χ4v) is 0.774. The van der Waals surface area contributed by atoms with Crippen LogP contribution in [-0.2, 0) is 28.7 Å². The van der Waals surface area contributed by atoms with Gasteiger partial charge in [-0.05, 0) is 37.8 Å². The first-order valence-electron chi connectivity index (χ1n) is 9.65. The summed E-state index contributed by atoms with van der Waals surface area (Å²) in [4.78, 5) is 40.7. The monoisotopic (exact) mass is 580 g/mol. The first kappa shape index (κ1) is 41.3. The van der Waals surface area contributed by atoms with E-state index in [4.69, 9.17) is 10.2 Å². The normalized spacial score (nSPS) is 11.5. The number of hydrogen-bond acceptors (Lipinski definition) is 10. The van der Waals surface area contributed by atoms with Crippen molar-refractivity contribution in [3.63, 3.8) is 0 Å². The van der Waals surface area contributed by atoms with Crippen molar-refractivity contribution in [3.05, 3.63) is 38.2 Å². The standard InChI is InChI=1S/2C7H10O5.2C4H9.Sn/c2*1-5(8)4-12-7(11)3-2-6(9)10;2*1-4(2)3;/h2*2-3,5,8H,4H2,1H3,(H,9,10);2*4H,1H2,2-3H3;/q;;;;+2/p-2/b2*3-2-;;;. The number of aliphatic hydroxyl groups is 2. The van der Waals surface area contributed by atoms with Crippen molar-refractivity contribution in [1.29, 1.82) is 0 Å². The number of aliphatic hydroxyl groups excluding tert-OH is 2. The van der Waals surface area contributed by atoms with Crippen molar-refractivity contribution in [2.45, 2.75) is 53.8 Å². The van der Waals surface area contributed by atoms with E-state index in [-0.39, 0.29) is 37.1 Å². The van der Waals surface area contributed by atoms with Gasteiger partial charge in [0.2, 0.25) is 0 Å². The molecular weight excluding hydrogens is 543 g/mol. The van der Waals surface area contributed by atoms with Gasteiger partial charge in [0.1, 0.15) is 13.2 Å². The second-order valence-corrected chi connectivity index (χ2v) is 7.05. The van der Waals surface area contributed by atoms with Crippen LogP contribution < -0.4 is 10.2 Å². The van der Waals surface area contributed by atoms with E-state index in [1.807, 2.05) is 0 Å². The molecule has 0 bridgehead atoms. The smallest absolute Gasteiger partial charge is 0.545 e. The minimum absolute atomic E-state index is 0. The number of aliphatic carboxylic acids is 2. The van der Waals surface area contributed by atoms with Crippen LogP contribution in [0.25, 0.3) is 0 Å². The number of carboxylic acids is 2. The Labute approximate surface area is 213 Å². The van der Waals surface area contributed by atoms with Gasteiger partial charge in [0, 0.05) is 12.2 Å². The van der Waals surface area contributed by atoms with Gasteiger partial charge in [-0.25, -0.2) is 9.59 Å². The fraction of sp³-hybridized carbons (Fsp3) is 0.545. The van der Waals surface area contributed by atoms with Gasteiger partial charge < -0.3 is 39.5 Å². The molecular formula is C22H36O10Sn. The Kier molecular flexibility index (Phi) is 35.2. The van der Waals surface area contributed by atoms with E-state index in [2.05, 4.69) is 51.0 Å². The summed E-state index contributed by atoms with van der Waals surface area (Å²) in [7, 11) is 0. The van der Waals surface area contributed by atoms with Crippen LogP contribution in [0.3, 0.4) is 0 Å². The molecule has 0 rings (SSSR count). The van der Waals surface area contributed by atoms with Crippen LogP contribution in [0.1, 0.15) is 41.5 Å². The fourth-order valence-electron chi connectivity index (χ4n) is 0.774. The average molecular weight is 579 g/mol. The molecule has 0 aliphatic rings.